The van der Waals surface area contributed by atoms with Crippen LogP contribution in [0.1, 0.15) is 38.8 Å². The van der Waals surface area contributed by atoms with Gasteiger partial charge in [0, 0.05) is 46.5 Å². The van der Waals surface area contributed by atoms with Gasteiger partial charge in [0.25, 0.3) is 0 Å². The molecule has 0 amide bonds. The van der Waals surface area contributed by atoms with Gasteiger partial charge < -0.3 is 9.80 Å². The van der Waals surface area contributed by atoms with Crippen molar-refractivity contribution in [2.24, 2.45) is 0 Å². The molecule has 0 spiro atoms. The Balaban J connectivity index is 1.58. The van der Waals surface area contributed by atoms with Gasteiger partial charge in [-0.1, -0.05) is 86.1 Å². The van der Waals surface area contributed by atoms with Crippen LogP contribution in [-0.2, 0) is 10.8 Å². The van der Waals surface area contributed by atoms with Gasteiger partial charge in [0.15, 0.2) is 0 Å². The van der Waals surface area contributed by atoms with E-state index >= 15 is 0 Å². The fourth-order valence-electron chi connectivity index (χ4n) is 5.19. The zero-order valence-corrected chi connectivity index (χ0v) is 20.4. The lowest BCUT2D eigenvalue weighted by Crippen LogP contribution is -2.37. The smallest absolute Gasteiger partial charge is 0.0565 e. The van der Waals surface area contributed by atoms with Crippen molar-refractivity contribution < 1.29 is 0 Å². The highest BCUT2D eigenvalue weighted by Gasteiger charge is 2.41. The van der Waals surface area contributed by atoms with Crippen LogP contribution >= 0.6 is 15.9 Å². The van der Waals surface area contributed by atoms with E-state index in [1.165, 1.54) is 28.2 Å². The summed E-state index contributed by atoms with van der Waals surface area (Å²) in [5.41, 5.74) is 6.78. The second-order valence-electron chi connectivity index (χ2n) is 9.46. The van der Waals surface area contributed by atoms with Crippen LogP contribution in [0.4, 0.5) is 11.4 Å². The maximum absolute atomic E-state index is 3.77. The van der Waals surface area contributed by atoms with Gasteiger partial charge in [-0.05, 0) is 41.5 Å². The molecule has 0 saturated heterocycles. The lowest BCUT2D eigenvalue weighted by molar-refractivity contribution is 0.488. The molecule has 0 N–H and O–H groups in total. The van der Waals surface area contributed by atoms with Crippen molar-refractivity contribution in [3.8, 4) is 0 Å². The summed E-state index contributed by atoms with van der Waals surface area (Å²) in [6.07, 6.45) is 8.93. The predicted octanol–water partition coefficient (Wildman–Crippen LogP) is 6.93. The van der Waals surface area contributed by atoms with Crippen LogP contribution in [0.5, 0.6) is 0 Å². The van der Waals surface area contributed by atoms with E-state index in [-0.39, 0.29) is 10.8 Å². The number of fused-ring (bicyclic) bond motifs is 2. The summed E-state index contributed by atoms with van der Waals surface area (Å²) >= 11 is 3.77. The van der Waals surface area contributed by atoms with E-state index in [9.17, 15) is 0 Å². The molecule has 0 saturated carbocycles. The Morgan fingerprint density at radius 3 is 2.13 bits per heavy atom. The summed E-state index contributed by atoms with van der Waals surface area (Å²) in [4.78, 5) is 4.69. The van der Waals surface area contributed by atoms with Crippen molar-refractivity contribution in [1.29, 1.82) is 0 Å². The number of rotatable bonds is 3. The second kappa shape index (κ2) is 7.46. The van der Waals surface area contributed by atoms with Gasteiger partial charge in [0.2, 0.25) is 0 Å². The summed E-state index contributed by atoms with van der Waals surface area (Å²) in [7, 11) is 4.35. The number of hydrogen-bond donors (Lipinski definition) is 0. The zero-order valence-electron chi connectivity index (χ0n) is 18.8. The normalized spacial score (nSPS) is 23.4. The molecule has 0 aromatic heterocycles. The Morgan fingerprint density at radius 1 is 0.900 bits per heavy atom. The monoisotopic (exact) mass is 462 g/mol. The summed E-state index contributed by atoms with van der Waals surface area (Å²) in [5.74, 6) is 0. The van der Waals surface area contributed by atoms with Crippen molar-refractivity contribution in [3.05, 3.63) is 94.1 Å². The maximum Gasteiger partial charge on any atom is 0.0565 e. The number of benzene rings is 2. The van der Waals surface area contributed by atoms with Gasteiger partial charge in [-0.15, -0.1) is 0 Å². The molecule has 2 aromatic carbocycles. The Bertz CT molecular complexity index is 1060. The van der Waals surface area contributed by atoms with E-state index in [2.05, 4.69) is 140 Å². The van der Waals surface area contributed by atoms with Crippen LogP contribution < -0.4 is 9.80 Å². The molecule has 1 atom stereocenters. The molecule has 2 nitrogen and oxygen atoms in total. The molecule has 0 radical (unpaired) electrons. The first kappa shape index (κ1) is 21.0. The second-order valence-corrected chi connectivity index (χ2v) is 10.4. The zero-order chi connectivity index (χ0) is 21.7. The number of halogens is 1. The molecule has 2 aliphatic heterocycles. The minimum Gasteiger partial charge on any atom is -0.367 e. The number of allylic oxidation sites excluding steroid dienone is 5. The van der Waals surface area contributed by atoms with E-state index in [4.69, 9.17) is 0 Å². The molecule has 3 heteroatoms. The van der Waals surface area contributed by atoms with E-state index in [1.807, 2.05) is 0 Å². The molecule has 0 aliphatic carbocycles. The third kappa shape index (κ3) is 3.24. The Morgan fingerprint density at radius 2 is 1.50 bits per heavy atom. The van der Waals surface area contributed by atoms with Crippen LogP contribution in [0.25, 0.3) is 0 Å². The van der Waals surface area contributed by atoms with Crippen molar-refractivity contribution in [2.75, 3.05) is 23.9 Å². The van der Waals surface area contributed by atoms with Gasteiger partial charge in [-0.3, -0.25) is 0 Å². The number of likely N-dealkylation sites (N-methyl/N-ethyl adjacent to an activating group) is 2. The molecule has 30 heavy (non-hydrogen) atoms. The predicted molar refractivity (Wildman–Crippen MR) is 134 cm³/mol. The quantitative estimate of drug-likeness (QED) is 0.456. The summed E-state index contributed by atoms with van der Waals surface area (Å²) in [6, 6.07) is 17.7. The molecule has 2 heterocycles. The molecule has 2 aliphatic rings. The van der Waals surface area contributed by atoms with Gasteiger partial charge in [0.05, 0.1) is 6.04 Å². The standard InChI is InChI=1S/C27H31BrN2/c1-26(2)20-11-7-9-13-22(20)29(5)24(26)17-15-19(28)16-18-25-27(3,4)21-12-8-10-14-23(21)30(25)6/h7-18,24H,1-6H3. The topological polar surface area (TPSA) is 6.48 Å². The first-order chi connectivity index (χ1) is 14.2. The van der Waals surface area contributed by atoms with Crippen molar-refractivity contribution >= 4 is 27.3 Å². The van der Waals surface area contributed by atoms with Crippen LogP contribution in [-0.4, -0.2) is 20.1 Å². The summed E-state index contributed by atoms with van der Waals surface area (Å²) in [6.45, 7) is 9.26. The van der Waals surface area contributed by atoms with Crippen molar-refractivity contribution in [1.82, 2.24) is 0 Å². The van der Waals surface area contributed by atoms with Crippen molar-refractivity contribution in [2.45, 2.75) is 44.6 Å². The third-order valence-corrected chi connectivity index (χ3v) is 7.44. The highest BCUT2D eigenvalue weighted by Crippen LogP contribution is 2.47. The summed E-state index contributed by atoms with van der Waals surface area (Å²) < 4.78 is 1.08. The van der Waals surface area contributed by atoms with Gasteiger partial charge in [0.1, 0.15) is 0 Å². The SMILES string of the molecule is CN1C(=CC=C(Br)C=CC2N(C)c3ccccc3C2(C)C)C(C)(C)c2ccccc21. The highest BCUT2D eigenvalue weighted by molar-refractivity contribution is 9.11. The first-order valence-electron chi connectivity index (χ1n) is 10.6. The van der Waals surface area contributed by atoms with Gasteiger partial charge >= 0.3 is 0 Å². The molecular weight excluding hydrogens is 432 g/mol. The number of anilines is 2. The average Bonchev–Trinajstić information content (AvgIpc) is 3.04. The van der Waals surface area contributed by atoms with Crippen LogP contribution in [0.2, 0.25) is 0 Å². The van der Waals surface area contributed by atoms with E-state index in [0.29, 0.717) is 6.04 Å². The van der Waals surface area contributed by atoms with Crippen LogP contribution in [0.15, 0.2) is 83.0 Å². The third-order valence-electron chi connectivity index (χ3n) is 6.91. The molecule has 0 bridgehead atoms. The van der Waals surface area contributed by atoms with E-state index in [1.54, 1.807) is 0 Å². The van der Waals surface area contributed by atoms with Crippen molar-refractivity contribution in [3.63, 3.8) is 0 Å². The number of nitrogens with zero attached hydrogens (tertiary/aromatic N) is 2. The van der Waals surface area contributed by atoms with E-state index in [0.717, 1.165) is 4.48 Å². The summed E-state index contributed by atoms with van der Waals surface area (Å²) in [5, 5.41) is 0. The Labute approximate surface area is 189 Å². The lowest BCUT2D eigenvalue weighted by Gasteiger charge is -2.29. The van der Waals surface area contributed by atoms with Crippen LogP contribution in [0.3, 0.4) is 0 Å². The van der Waals surface area contributed by atoms with Gasteiger partial charge in [-0.25, -0.2) is 0 Å². The Kier molecular flexibility index (Phi) is 5.22. The van der Waals surface area contributed by atoms with Crippen LogP contribution in [0, 0.1) is 0 Å². The molecule has 156 valence electrons. The maximum atomic E-state index is 3.77. The fourth-order valence-corrected chi connectivity index (χ4v) is 5.47. The van der Waals surface area contributed by atoms with E-state index < -0.39 is 0 Å². The fraction of sp³-hybridized carbons (Fsp3) is 0.333. The molecular formula is C27H31BrN2. The highest BCUT2D eigenvalue weighted by atomic mass is 79.9. The average molecular weight is 463 g/mol. The lowest BCUT2D eigenvalue weighted by atomic mass is 9.80. The number of para-hydroxylation sites is 2. The van der Waals surface area contributed by atoms with Gasteiger partial charge in [-0.2, -0.15) is 0 Å². The number of hydrogen-bond acceptors (Lipinski definition) is 2. The molecule has 2 aromatic rings. The largest absolute Gasteiger partial charge is 0.367 e. The minimum atomic E-state index is -0.00581. The minimum absolute atomic E-state index is 0.00581. The molecule has 1 unspecified atom stereocenters. The first-order valence-corrected chi connectivity index (χ1v) is 11.4. The molecule has 4 rings (SSSR count). The molecule has 0 fully saturated rings. The Hall–Kier alpha value is -2.26.